The van der Waals surface area contributed by atoms with Crippen LogP contribution in [0.5, 0.6) is 5.75 Å². The number of nitrogens with one attached hydrogen (secondary N) is 2. The average molecular weight is 323 g/mol. The normalized spacial score (nSPS) is 11.3. The van der Waals surface area contributed by atoms with Crippen LogP contribution in [0.25, 0.3) is 6.08 Å². The summed E-state index contributed by atoms with van der Waals surface area (Å²) in [6, 6.07) is 17.3. The second-order valence-corrected chi connectivity index (χ2v) is 5.11. The van der Waals surface area contributed by atoms with Gasteiger partial charge < -0.3 is 10.1 Å². The van der Waals surface area contributed by atoms with Crippen LogP contribution in [0.1, 0.15) is 12.5 Å². The molecule has 0 saturated carbocycles. The van der Waals surface area contributed by atoms with Crippen LogP contribution in [-0.2, 0) is 4.79 Å². The van der Waals surface area contributed by atoms with Gasteiger partial charge in [-0.25, -0.2) is 5.43 Å². The van der Waals surface area contributed by atoms with Crippen molar-refractivity contribution in [1.29, 1.82) is 0 Å². The molecule has 0 saturated heterocycles. The first-order valence-electron chi connectivity index (χ1n) is 7.61. The van der Waals surface area contributed by atoms with Gasteiger partial charge in [0.2, 0.25) is 0 Å². The number of anilines is 1. The Labute approximate surface area is 142 Å². The fourth-order valence-electron chi connectivity index (χ4n) is 1.90. The highest BCUT2D eigenvalue weighted by Gasteiger charge is 2.00. The smallest absolute Gasteiger partial charge is 0.259 e. The van der Waals surface area contributed by atoms with Gasteiger partial charge in [-0.3, -0.25) is 4.79 Å². The van der Waals surface area contributed by atoms with E-state index in [0.29, 0.717) is 0 Å². The Morgan fingerprint density at radius 3 is 2.50 bits per heavy atom. The van der Waals surface area contributed by atoms with Gasteiger partial charge >= 0.3 is 0 Å². The summed E-state index contributed by atoms with van der Waals surface area (Å²) in [5.74, 6) is 0.564. The summed E-state index contributed by atoms with van der Waals surface area (Å²) in [6.07, 6.45) is 3.80. The van der Waals surface area contributed by atoms with Crippen molar-refractivity contribution in [2.24, 2.45) is 5.10 Å². The number of allylic oxidation sites excluding steroid dienone is 1. The van der Waals surface area contributed by atoms with Crippen LogP contribution in [0.4, 0.5) is 5.69 Å². The van der Waals surface area contributed by atoms with E-state index in [9.17, 15) is 4.79 Å². The molecule has 2 aromatic rings. The summed E-state index contributed by atoms with van der Waals surface area (Å²) in [4.78, 5) is 11.8. The standard InChI is InChI=1S/C19H21N3O2/c1-15(8-9-16-6-4-3-5-7-16)21-22-19(23)14-20-17-10-12-18(24-2)13-11-17/h3-13,20H,14H2,1-2H3,(H,22,23). The minimum atomic E-state index is -0.210. The predicted molar refractivity (Wildman–Crippen MR) is 98.2 cm³/mol. The molecule has 124 valence electrons. The zero-order valence-corrected chi connectivity index (χ0v) is 13.8. The number of ether oxygens (including phenoxy) is 1. The van der Waals surface area contributed by atoms with Gasteiger partial charge in [0.05, 0.1) is 19.4 Å². The summed E-state index contributed by atoms with van der Waals surface area (Å²) < 4.78 is 5.08. The van der Waals surface area contributed by atoms with E-state index in [1.807, 2.05) is 73.7 Å². The minimum absolute atomic E-state index is 0.144. The Morgan fingerprint density at radius 1 is 1.12 bits per heavy atom. The Kier molecular flexibility index (Phi) is 6.58. The fourth-order valence-corrected chi connectivity index (χ4v) is 1.90. The van der Waals surface area contributed by atoms with Gasteiger partial charge in [-0.05, 0) is 42.8 Å². The molecule has 0 atom stereocenters. The second-order valence-electron chi connectivity index (χ2n) is 5.11. The highest BCUT2D eigenvalue weighted by molar-refractivity contribution is 5.97. The molecule has 0 spiro atoms. The van der Waals surface area contributed by atoms with Crippen LogP contribution >= 0.6 is 0 Å². The molecule has 0 heterocycles. The fraction of sp³-hybridized carbons (Fsp3) is 0.158. The van der Waals surface area contributed by atoms with Crippen LogP contribution in [0.2, 0.25) is 0 Å². The van der Waals surface area contributed by atoms with E-state index < -0.39 is 0 Å². The molecule has 1 amide bonds. The topological polar surface area (TPSA) is 62.7 Å². The molecular weight excluding hydrogens is 302 g/mol. The molecule has 0 aromatic heterocycles. The average Bonchev–Trinajstić information content (AvgIpc) is 2.64. The highest BCUT2D eigenvalue weighted by Crippen LogP contribution is 2.14. The van der Waals surface area contributed by atoms with Crippen LogP contribution in [0, 0.1) is 0 Å². The van der Waals surface area contributed by atoms with Crippen molar-refractivity contribution in [2.75, 3.05) is 19.0 Å². The number of benzene rings is 2. The zero-order chi connectivity index (χ0) is 17.2. The molecular formula is C19H21N3O2. The third-order valence-corrected chi connectivity index (χ3v) is 3.22. The molecule has 0 radical (unpaired) electrons. The number of methoxy groups -OCH3 is 1. The lowest BCUT2D eigenvalue weighted by Gasteiger charge is -2.06. The van der Waals surface area contributed by atoms with Crippen molar-refractivity contribution in [3.8, 4) is 5.75 Å². The molecule has 0 bridgehead atoms. The number of hydrogen-bond donors (Lipinski definition) is 2. The Balaban J connectivity index is 1.77. The Bertz CT molecular complexity index is 707. The second kappa shape index (κ2) is 9.15. The predicted octanol–water partition coefficient (Wildman–Crippen LogP) is 3.31. The Morgan fingerprint density at radius 2 is 1.83 bits per heavy atom. The number of rotatable bonds is 7. The lowest BCUT2D eigenvalue weighted by atomic mass is 10.2. The molecule has 2 aromatic carbocycles. The molecule has 2 rings (SSSR count). The molecule has 0 fully saturated rings. The monoisotopic (exact) mass is 323 g/mol. The van der Waals surface area contributed by atoms with E-state index in [0.717, 1.165) is 22.7 Å². The first kappa shape index (κ1) is 17.3. The number of carbonyl (C=O) groups excluding carboxylic acids is 1. The molecule has 5 heteroatoms. The third-order valence-electron chi connectivity index (χ3n) is 3.22. The molecule has 0 aliphatic heterocycles. The summed E-state index contributed by atoms with van der Waals surface area (Å²) in [6.45, 7) is 1.97. The first-order chi connectivity index (χ1) is 11.7. The van der Waals surface area contributed by atoms with E-state index in [1.165, 1.54) is 0 Å². The Hall–Kier alpha value is -3.08. The van der Waals surface area contributed by atoms with Crippen molar-refractivity contribution in [2.45, 2.75) is 6.92 Å². The lowest BCUT2D eigenvalue weighted by molar-refractivity contribution is -0.119. The number of carbonyl (C=O) groups is 1. The SMILES string of the molecule is COc1ccc(NCC(=O)NN=C(C)C=Cc2ccccc2)cc1. The van der Waals surface area contributed by atoms with Gasteiger partial charge in [-0.1, -0.05) is 36.4 Å². The maximum atomic E-state index is 11.8. The van der Waals surface area contributed by atoms with Crippen LogP contribution in [-0.4, -0.2) is 25.3 Å². The van der Waals surface area contributed by atoms with Gasteiger partial charge in [-0.2, -0.15) is 5.10 Å². The number of nitrogens with zero attached hydrogens (tertiary/aromatic N) is 1. The van der Waals surface area contributed by atoms with Crippen LogP contribution in [0.15, 0.2) is 65.8 Å². The van der Waals surface area contributed by atoms with E-state index in [1.54, 1.807) is 7.11 Å². The molecule has 0 aliphatic rings. The molecule has 2 N–H and O–H groups in total. The summed E-state index contributed by atoms with van der Waals surface area (Å²) in [5.41, 5.74) is 5.17. The van der Waals surface area contributed by atoms with Crippen molar-refractivity contribution < 1.29 is 9.53 Å². The van der Waals surface area contributed by atoms with E-state index in [2.05, 4.69) is 15.8 Å². The van der Waals surface area contributed by atoms with Gasteiger partial charge in [-0.15, -0.1) is 0 Å². The highest BCUT2D eigenvalue weighted by atomic mass is 16.5. The van der Waals surface area contributed by atoms with E-state index in [4.69, 9.17) is 4.74 Å². The van der Waals surface area contributed by atoms with Crippen molar-refractivity contribution in [3.63, 3.8) is 0 Å². The van der Waals surface area contributed by atoms with Crippen molar-refractivity contribution in [1.82, 2.24) is 5.43 Å². The lowest BCUT2D eigenvalue weighted by Crippen LogP contribution is -2.26. The van der Waals surface area contributed by atoms with Gasteiger partial charge in [0.15, 0.2) is 0 Å². The summed E-state index contributed by atoms with van der Waals surface area (Å²) >= 11 is 0. The number of hydrazone groups is 1. The van der Waals surface area contributed by atoms with Crippen molar-refractivity contribution in [3.05, 3.63) is 66.2 Å². The number of hydrogen-bond acceptors (Lipinski definition) is 4. The van der Waals surface area contributed by atoms with Gasteiger partial charge in [0, 0.05) is 5.69 Å². The van der Waals surface area contributed by atoms with E-state index >= 15 is 0 Å². The zero-order valence-electron chi connectivity index (χ0n) is 13.8. The van der Waals surface area contributed by atoms with Gasteiger partial charge in [0.1, 0.15) is 5.75 Å². The quantitative estimate of drug-likeness (QED) is 0.607. The molecule has 5 nitrogen and oxygen atoms in total. The van der Waals surface area contributed by atoms with Crippen LogP contribution < -0.4 is 15.5 Å². The molecule has 0 unspecified atom stereocenters. The van der Waals surface area contributed by atoms with Crippen LogP contribution in [0.3, 0.4) is 0 Å². The molecule has 24 heavy (non-hydrogen) atoms. The molecule has 0 aliphatic carbocycles. The number of amides is 1. The summed E-state index contributed by atoms with van der Waals surface area (Å²) in [7, 11) is 1.61. The summed E-state index contributed by atoms with van der Waals surface area (Å²) in [5, 5.41) is 7.07. The third kappa shape index (κ3) is 5.96. The van der Waals surface area contributed by atoms with Gasteiger partial charge in [0.25, 0.3) is 5.91 Å². The minimum Gasteiger partial charge on any atom is -0.497 e. The van der Waals surface area contributed by atoms with Crippen molar-refractivity contribution >= 4 is 23.4 Å². The maximum Gasteiger partial charge on any atom is 0.259 e. The maximum absolute atomic E-state index is 11.8. The largest absolute Gasteiger partial charge is 0.497 e. The first-order valence-corrected chi connectivity index (χ1v) is 7.61. The van der Waals surface area contributed by atoms with E-state index in [-0.39, 0.29) is 12.5 Å².